The summed E-state index contributed by atoms with van der Waals surface area (Å²) in [6.45, 7) is 19.2. The Morgan fingerprint density at radius 1 is 0.250 bits per heavy atom. The highest BCUT2D eigenvalue weighted by Gasteiger charge is 2.19. The maximum absolute atomic E-state index is 13.7. The summed E-state index contributed by atoms with van der Waals surface area (Å²) in [7, 11) is 0. The largest absolute Gasteiger partial charge is 0.502 e. The number of unbranched alkanes of at least 4 members (excludes halogenated alkanes) is 17. The van der Waals surface area contributed by atoms with Gasteiger partial charge in [0.1, 0.15) is 46.0 Å². The van der Waals surface area contributed by atoms with Crippen LogP contribution in [-0.2, 0) is 31.8 Å². The summed E-state index contributed by atoms with van der Waals surface area (Å²) in [5, 5.41) is 0. The fourth-order valence-electron chi connectivity index (χ4n) is 10.2. The number of carbonyl (C=O) groups is 4. The van der Waals surface area contributed by atoms with Crippen molar-refractivity contribution in [3.63, 3.8) is 0 Å². The van der Waals surface area contributed by atoms with E-state index in [4.69, 9.17) is 56.8 Å². The Hall–Kier alpha value is -9.44. The molecule has 0 radical (unpaired) electrons. The zero-order chi connectivity index (χ0) is 67.9. The first-order chi connectivity index (χ1) is 47.2. The molecule has 0 unspecified atom stereocenters. The number of hydrogen-bond donors (Lipinski definition) is 0. The van der Waals surface area contributed by atoms with Crippen LogP contribution in [0.1, 0.15) is 194 Å². The molecular formula is C80H98O16. The SMILES string of the molecule is C=COCCCCCCOc1ccc(C(=O)Oc2ccc(OC(=O)c3ccc(OCCCCCCOC=C)cc3)c(CCCCCCCCc3cc(OC(=O)c4ccc(OCCCCCCOC=C)cc4)ccc3OC(=O)c3ccc(OCCCCCCOC=C)cc3)c2)cc1. The van der Waals surface area contributed by atoms with E-state index in [1.54, 1.807) is 133 Å². The van der Waals surface area contributed by atoms with Crippen LogP contribution < -0.4 is 37.9 Å². The van der Waals surface area contributed by atoms with Crippen LogP contribution in [0.3, 0.4) is 0 Å². The van der Waals surface area contributed by atoms with Crippen molar-refractivity contribution in [3.05, 3.63) is 218 Å². The zero-order valence-electron chi connectivity index (χ0n) is 56.0. The predicted molar refractivity (Wildman–Crippen MR) is 374 cm³/mol. The van der Waals surface area contributed by atoms with Gasteiger partial charge in [-0.15, -0.1) is 0 Å². The highest BCUT2D eigenvalue weighted by molar-refractivity contribution is 5.93. The Balaban J connectivity index is 1.05. The van der Waals surface area contributed by atoms with Gasteiger partial charge in [0.2, 0.25) is 0 Å². The number of aryl methyl sites for hydroxylation is 2. The molecule has 16 heteroatoms. The molecule has 0 aliphatic rings. The average Bonchev–Trinajstić information content (AvgIpc) is 1.52. The van der Waals surface area contributed by atoms with Crippen molar-refractivity contribution in [2.75, 3.05) is 52.9 Å². The van der Waals surface area contributed by atoms with Gasteiger partial charge in [-0.1, -0.05) is 52.0 Å². The molecule has 6 aromatic carbocycles. The van der Waals surface area contributed by atoms with Gasteiger partial charge in [-0.2, -0.15) is 0 Å². The van der Waals surface area contributed by atoms with Gasteiger partial charge in [-0.3, -0.25) is 0 Å². The Morgan fingerprint density at radius 3 is 0.729 bits per heavy atom. The summed E-state index contributed by atoms with van der Waals surface area (Å²) >= 11 is 0. The van der Waals surface area contributed by atoms with Crippen LogP contribution in [0.15, 0.2) is 185 Å². The van der Waals surface area contributed by atoms with Crippen LogP contribution in [0.25, 0.3) is 0 Å². The van der Waals surface area contributed by atoms with Crippen LogP contribution >= 0.6 is 0 Å². The lowest BCUT2D eigenvalue weighted by molar-refractivity contribution is 0.0718. The molecule has 16 nitrogen and oxygen atoms in total. The molecule has 0 atom stereocenters. The van der Waals surface area contributed by atoms with E-state index in [0.717, 1.165) is 152 Å². The third kappa shape index (κ3) is 30.3. The molecule has 96 heavy (non-hydrogen) atoms. The van der Waals surface area contributed by atoms with Crippen molar-refractivity contribution < 1.29 is 76.0 Å². The molecule has 0 heterocycles. The third-order valence-electron chi connectivity index (χ3n) is 15.6. The first-order valence-corrected chi connectivity index (χ1v) is 34.1. The topological polar surface area (TPSA) is 179 Å². The standard InChI is InChI=1S/C80H98O16/c1-5-85-53-23-13-17-27-57-89-69-41-33-63(34-42-69)77(81)93-73-49-51-75(95-79(83)65-37-45-71(46-38-65)91-59-29-19-15-25-55-87-7-3)67(61-73)31-21-11-9-10-12-22-32-68-62-74(94-78(82)64-35-43-70(44-36-64)90-58-28-18-14-24-54-86-6-2)50-52-76(68)96-80(84)66-39-47-72(48-40-66)92-60-30-20-16-26-56-88-8-4/h5-8,33-52,61-62H,1-4,9-32,53-60H2. The number of carbonyl (C=O) groups excluding carboxylic acids is 4. The Bertz CT molecular complexity index is 3010. The van der Waals surface area contributed by atoms with Crippen molar-refractivity contribution >= 4 is 23.9 Å². The maximum atomic E-state index is 13.7. The predicted octanol–water partition coefficient (Wildman–Crippen LogP) is 19.1. The van der Waals surface area contributed by atoms with Crippen molar-refractivity contribution in [1.82, 2.24) is 0 Å². The summed E-state index contributed by atoms with van der Waals surface area (Å²) in [5.74, 6) is 1.91. The van der Waals surface area contributed by atoms with Gasteiger partial charge in [0.25, 0.3) is 0 Å². The van der Waals surface area contributed by atoms with Gasteiger partial charge in [-0.25, -0.2) is 19.2 Å². The Kier molecular flexibility index (Phi) is 36.7. The van der Waals surface area contributed by atoms with Gasteiger partial charge in [0, 0.05) is 0 Å². The second-order valence-corrected chi connectivity index (χ2v) is 23.0. The van der Waals surface area contributed by atoms with Gasteiger partial charge < -0.3 is 56.8 Å². The number of hydrogen-bond acceptors (Lipinski definition) is 16. The second kappa shape index (κ2) is 46.6. The fourth-order valence-corrected chi connectivity index (χ4v) is 10.2. The van der Waals surface area contributed by atoms with E-state index in [2.05, 4.69) is 26.3 Å². The lowest BCUT2D eigenvalue weighted by Gasteiger charge is -2.14. The molecule has 514 valence electrons. The normalized spacial score (nSPS) is 10.7. The highest BCUT2D eigenvalue weighted by atomic mass is 16.6. The summed E-state index contributed by atoms with van der Waals surface area (Å²) in [6.07, 6.45) is 27.7. The van der Waals surface area contributed by atoms with Crippen LogP contribution in [0.5, 0.6) is 46.0 Å². The zero-order valence-corrected chi connectivity index (χ0v) is 56.0. The molecule has 0 aromatic heterocycles. The van der Waals surface area contributed by atoms with Crippen LogP contribution in [0.2, 0.25) is 0 Å². The molecule has 6 aromatic rings. The molecule has 0 spiro atoms. The van der Waals surface area contributed by atoms with Crippen LogP contribution in [0, 0.1) is 0 Å². The highest BCUT2D eigenvalue weighted by Crippen LogP contribution is 2.31. The maximum Gasteiger partial charge on any atom is 0.343 e. The Labute approximate surface area is 568 Å². The summed E-state index contributed by atoms with van der Waals surface area (Å²) in [6, 6.07) is 37.7. The first kappa shape index (κ1) is 75.6. The molecule has 0 amide bonds. The minimum atomic E-state index is -0.533. The van der Waals surface area contributed by atoms with E-state index in [9.17, 15) is 19.2 Å². The van der Waals surface area contributed by atoms with Crippen LogP contribution in [-0.4, -0.2) is 76.7 Å². The Morgan fingerprint density at radius 2 is 0.469 bits per heavy atom. The van der Waals surface area contributed by atoms with Crippen molar-refractivity contribution in [2.45, 2.75) is 154 Å². The van der Waals surface area contributed by atoms with Crippen molar-refractivity contribution in [1.29, 1.82) is 0 Å². The fraction of sp³-hybridized carbons (Fsp3) is 0.400. The molecule has 0 saturated heterocycles. The molecule has 0 fully saturated rings. The lowest BCUT2D eigenvalue weighted by atomic mass is 10.0. The second-order valence-electron chi connectivity index (χ2n) is 23.0. The molecule has 0 aliphatic carbocycles. The monoisotopic (exact) mass is 1310 g/mol. The quantitative estimate of drug-likeness (QED) is 0.0152. The molecule has 0 N–H and O–H groups in total. The van der Waals surface area contributed by atoms with Crippen LogP contribution in [0.4, 0.5) is 0 Å². The van der Waals surface area contributed by atoms with E-state index in [-0.39, 0.29) is 0 Å². The summed E-state index contributed by atoms with van der Waals surface area (Å²) in [4.78, 5) is 54.3. The molecule has 0 bridgehead atoms. The average molecular weight is 1320 g/mol. The molecule has 6 rings (SSSR count). The van der Waals surface area contributed by atoms with E-state index >= 15 is 0 Å². The van der Waals surface area contributed by atoms with Crippen molar-refractivity contribution in [3.8, 4) is 46.0 Å². The number of benzene rings is 6. The van der Waals surface area contributed by atoms with E-state index in [0.29, 0.717) is 134 Å². The number of rotatable bonds is 53. The minimum Gasteiger partial charge on any atom is -0.502 e. The lowest BCUT2D eigenvalue weighted by Crippen LogP contribution is -2.11. The molecular weight excluding hydrogens is 1220 g/mol. The molecule has 0 saturated carbocycles. The van der Waals surface area contributed by atoms with Gasteiger partial charge >= 0.3 is 23.9 Å². The smallest absolute Gasteiger partial charge is 0.343 e. The number of ether oxygens (including phenoxy) is 12. The summed E-state index contributed by atoms with van der Waals surface area (Å²) < 4.78 is 68.4. The van der Waals surface area contributed by atoms with Gasteiger partial charge in [-0.05, 0) is 273 Å². The first-order valence-electron chi connectivity index (χ1n) is 34.1. The number of esters is 4. The third-order valence-corrected chi connectivity index (χ3v) is 15.6. The van der Waals surface area contributed by atoms with Gasteiger partial charge in [0.05, 0.1) is 100 Å². The van der Waals surface area contributed by atoms with E-state index < -0.39 is 23.9 Å². The molecule has 0 aliphatic heterocycles. The minimum absolute atomic E-state index is 0.319. The van der Waals surface area contributed by atoms with Gasteiger partial charge in [0.15, 0.2) is 0 Å². The van der Waals surface area contributed by atoms with E-state index in [1.807, 2.05) is 0 Å². The van der Waals surface area contributed by atoms with Crippen molar-refractivity contribution in [2.24, 2.45) is 0 Å². The summed E-state index contributed by atoms with van der Waals surface area (Å²) in [5.41, 5.74) is 2.89. The van der Waals surface area contributed by atoms with E-state index in [1.165, 1.54) is 25.0 Å².